The molecule has 2 aromatic heterocycles. The molecule has 2 heterocycles. The Hall–Kier alpha value is -4.07. The van der Waals surface area contributed by atoms with E-state index in [-0.39, 0.29) is 13.2 Å². The fourth-order valence-corrected chi connectivity index (χ4v) is 4.13. The van der Waals surface area contributed by atoms with E-state index < -0.39 is 11.6 Å². The first-order valence-electron chi connectivity index (χ1n) is 11.6. The fourth-order valence-electron chi connectivity index (χ4n) is 4.13. The minimum atomic E-state index is -0.553. The van der Waals surface area contributed by atoms with E-state index >= 15 is 0 Å². The van der Waals surface area contributed by atoms with Crippen LogP contribution in [0.4, 0.5) is 0 Å². The van der Waals surface area contributed by atoms with Gasteiger partial charge in [0.15, 0.2) is 11.5 Å². The molecule has 2 aromatic carbocycles. The van der Waals surface area contributed by atoms with Gasteiger partial charge >= 0.3 is 11.6 Å². The maximum Gasteiger partial charge on any atom is 0.338 e. The number of methoxy groups -OCH3 is 1. The summed E-state index contributed by atoms with van der Waals surface area (Å²) in [5.74, 6) is 1.28. The molecule has 0 saturated carbocycles. The number of aryl methyl sites for hydroxylation is 3. The molecule has 36 heavy (non-hydrogen) atoms. The molecule has 0 aliphatic heterocycles. The first kappa shape index (κ1) is 25.0. The van der Waals surface area contributed by atoms with Crippen LogP contribution >= 0.6 is 0 Å². The molecular formula is C28H29NO7. The van der Waals surface area contributed by atoms with Gasteiger partial charge in [0, 0.05) is 17.0 Å². The largest absolute Gasteiger partial charge is 0.493 e. The lowest BCUT2D eigenvalue weighted by Gasteiger charge is -2.14. The molecule has 0 amide bonds. The summed E-state index contributed by atoms with van der Waals surface area (Å²) < 4.78 is 27.4. The van der Waals surface area contributed by atoms with Crippen molar-refractivity contribution in [3.63, 3.8) is 0 Å². The molecule has 0 radical (unpaired) electrons. The van der Waals surface area contributed by atoms with Crippen molar-refractivity contribution < 1.29 is 27.9 Å². The van der Waals surface area contributed by atoms with Gasteiger partial charge in [0.25, 0.3) is 0 Å². The van der Waals surface area contributed by atoms with Crippen molar-refractivity contribution in [1.29, 1.82) is 0 Å². The van der Waals surface area contributed by atoms with Gasteiger partial charge in [-0.1, -0.05) is 19.0 Å². The topological polar surface area (TPSA) is 101 Å². The van der Waals surface area contributed by atoms with Crippen LogP contribution in [0.1, 0.15) is 63.8 Å². The van der Waals surface area contributed by atoms with E-state index in [0.717, 1.165) is 27.8 Å². The Kier molecular flexibility index (Phi) is 7.15. The minimum Gasteiger partial charge on any atom is -0.493 e. The Morgan fingerprint density at radius 1 is 1.03 bits per heavy atom. The summed E-state index contributed by atoms with van der Waals surface area (Å²) in [5, 5.41) is 4.67. The molecule has 0 spiro atoms. The Balaban J connectivity index is 1.52. The van der Waals surface area contributed by atoms with Gasteiger partial charge in [-0.3, -0.25) is 0 Å². The SMILES string of the molecule is COc1cc(C(=O)OCc2cc(=O)oc3cc(C)c(C(C)C)cc23)ccc1OCc1c(C)noc1C. The predicted octanol–water partition coefficient (Wildman–Crippen LogP) is 5.77. The molecule has 188 valence electrons. The van der Waals surface area contributed by atoms with Crippen LogP contribution in [-0.4, -0.2) is 18.2 Å². The number of hydrogen-bond donors (Lipinski definition) is 0. The molecule has 0 saturated heterocycles. The molecule has 0 unspecified atom stereocenters. The summed E-state index contributed by atoms with van der Waals surface area (Å²) in [6.07, 6.45) is 0. The van der Waals surface area contributed by atoms with Crippen LogP contribution in [0.2, 0.25) is 0 Å². The van der Waals surface area contributed by atoms with Crippen molar-refractivity contribution >= 4 is 16.9 Å². The lowest BCUT2D eigenvalue weighted by atomic mass is 9.95. The highest BCUT2D eigenvalue weighted by Gasteiger charge is 2.17. The van der Waals surface area contributed by atoms with Gasteiger partial charge in [0.1, 0.15) is 24.6 Å². The molecule has 4 aromatic rings. The van der Waals surface area contributed by atoms with Crippen molar-refractivity contribution in [3.8, 4) is 11.5 Å². The second-order valence-corrected chi connectivity index (χ2v) is 8.98. The number of nitrogens with zero attached hydrogens (tertiary/aromatic N) is 1. The number of carbonyl (C=O) groups is 1. The van der Waals surface area contributed by atoms with E-state index in [0.29, 0.717) is 39.9 Å². The Morgan fingerprint density at radius 3 is 2.47 bits per heavy atom. The van der Waals surface area contributed by atoms with Crippen molar-refractivity contribution in [2.24, 2.45) is 0 Å². The molecular weight excluding hydrogens is 462 g/mol. The molecule has 0 fully saturated rings. The van der Waals surface area contributed by atoms with Gasteiger partial charge in [-0.05, 0) is 68.1 Å². The molecule has 0 N–H and O–H groups in total. The van der Waals surface area contributed by atoms with E-state index in [9.17, 15) is 9.59 Å². The third kappa shape index (κ3) is 5.12. The normalized spacial score (nSPS) is 11.2. The maximum atomic E-state index is 12.8. The van der Waals surface area contributed by atoms with Crippen LogP contribution in [0.5, 0.6) is 11.5 Å². The second-order valence-electron chi connectivity index (χ2n) is 8.98. The number of hydrogen-bond acceptors (Lipinski definition) is 8. The monoisotopic (exact) mass is 491 g/mol. The number of rotatable bonds is 8. The third-order valence-corrected chi connectivity index (χ3v) is 6.15. The van der Waals surface area contributed by atoms with E-state index in [4.69, 9.17) is 23.2 Å². The predicted molar refractivity (Wildman–Crippen MR) is 134 cm³/mol. The van der Waals surface area contributed by atoms with Gasteiger partial charge in [0.05, 0.1) is 23.9 Å². The summed E-state index contributed by atoms with van der Waals surface area (Å²) >= 11 is 0. The molecule has 0 atom stereocenters. The highest BCUT2D eigenvalue weighted by Crippen LogP contribution is 2.31. The van der Waals surface area contributed by atoms with Gasteiger partial charge in [-0.2, -0.15) is 0 Å². The van der Waals surface area contributed by atoms with Crippen molar-refractivity contribution in [3.05, 3.63) is 86.1 Å². The summed E-state index contributed by atoms with van der Waals surface area (Å²) in [5.41, 5.74) is 4.65. The average molecular weight is 492 g/mol. The smallest absolute Gasteiger partial charge is 0.338 e. The molecule has 0 bridgehead atoms. The number of ether oxygens (including phenoxy) is 3. The van der Waals surface area contributed by atoms with E-state index in [1.165, 1.54) is 13.2 Å². The number of aromatic nitrogens is 1. The van der Waals surface area contributed by atoms with Crippen LogP contribution in [0, 0.1) is 20.8 Å². The van der Waals surface area contributed by atoms with Crippen molar-refractivity contribution in [1.82, 2.24) is 5.16 Å². The van der Waals surface area contributed by atoms with Crippen LogP contribution in [-0.2, 0) is 18.0 Å². The second kappa shape index (κ2) is 10.3. The summed E-state index contributed by atoms with van der Waals surface area (Å²) in [6, 6.07) is 10.0. The lowest BCUT2D eigenvalue weighted by molar-refractivity contribution is 0.0473. The van der Waals surface area contributed by atoms with Crippen molar-refractivity contribution in [2.75, 3.05) is 7.11 Å². The summed E-state index contributed by atoms with van der Waals surface area (Å²) in [4.78, 5) is 25.0. The zero-order valence-electron chi connectivity index (χ0n) is 21.3. The third-order valence-electron chi connectivity index (χ3n) is 6.15. The zero-order valence-corrected chi connectivity index (χ0v) is 21.3. The van der Waals surface area contributed by atoms with Gasteiger partial charge in [-0.25, -0.2) is 9.59 Å². The average Bonchev–Trinajstić information content (AvgIpc) is 3.16. The van der Waals surface area contributed by atoms with Gasteiger partial charge < -0.3 is 23.2 Å². The highest BCUT2D eigenvalue weighted by molar-refractivity contribution is 5.90. The molecule has 4 rings (SSSR count). The zero-order chi connectivity index (χ0) is 26.0. The van der Waals surface area contributed by atoms with E-state index in [2.05, 4.69) is 19.0 Å². The fraction of sp³-hybridized carbons (Fsp3) is 0.321. The number of benzene rings is 2. The maximum absolute atomic E-state index is 12.8. The lowest BCUT2D eigenvalue weighted by Crippen LogP contribution is -2.09. The number of carbonyl (C=O) groups excluding carboxylic acids is 1. The van der Waals surface area contributed by atoms with Gasteiger partial charge in [-0.15, -0.1) is 0 Å². The van der Waals surface area contributed by atoms with E-state index in [1.54, 1.807) is 18.2 Å². The first-order valence-corrected chi connectivity index (χ1v) is 11.6. The minimum absolute atomic E-state index is 0.0753. The molecule has 0 aliphatic rings. The quantitative estimate of drug-likeness (QED) is 0.226. The Morgan fingerprint density at radius 2 is 1.81 bits per heavy atom. The number of esters is 1. The van der Waals surface area contributed by atoms with Gasteiger partial charge in [0.2, 0.25) is 0 Å². The standard InChI is InChI=1S/C28H29NO7/c1-15(2)21-12-22-20(11-27(30)35-25(22)9-16(21)3)13-34-28(31)19-7-8-24(26(10-19)32-6)33-14-23-17(4)29-36-18(23)5/h7-12,15H,13-14H2,1-6H3. The molecule has 8 nitrogen and oxygen atoms in total. The molecule has 0 aliphatic carbocycles. The van der Waals surface area contributed by atoms with Crippen molar-refractivity contribution in [2.45, 2.75) is 53.8 Å². The van der Waals surface area contributed by atoms with Crippen LogP contribution in [0.3, 0.4) is 0 Å². The van der Waals surface area contributed by atoms with Crippen LogP contribution in [0.15, 0.2) is 50.1 Å². The summed E-state index contributed by atoms with van der Waals surface area (Å²) in [6.45, 7) is 10.0. The number of fused-ring (bicyclic) bond motifs is 1. The highest BCUT2D eigenvalue weighted by atomic mass is 16.5. The van der Waals surface area contributed by atoms with E-state index in [1.807, 2.05) is 32.9 Å². The Labute approximate surface area is 208 Å². The van der Waals surface area contributed by atoms with Crippen LogP contribution < -0.4 is 15.1 Å². The molecule has 8 heteroatoms. The first-order chi connectivity index (χ1) is 17.2. The van der Waals surface area contributed by atoms with Crippen LogP contribution in [0.25, 0.3) is 11.0 Å². The Bertz CT molecular complexity index is 1460. The summed E-state index contributed by atoms with van der Waals surface area (Å²) in [7, 11) is 1.50.